The van der Waals surface area contributed by atoms with Crippen molar-refractivity contribution in [2.45, 2.75) is 43.6 Å². The first-order valence-corrected chi connectivity index (χ1v) is 8.80. The smallest absolute Gasteiger partial charge is 0.180 e. The molecule has 1 aromatic rings. The zero-order valence-electron chi connectivity index (χ0n) is 12.2. The van der Waals surface area contributed by atoms with Gasteiger partial charge >= 0.3 is 0 Å². The minimum atomic E-state index is -3.25. The Morgan fingerprint density at radius 2 is 2.05 bits per heavy atom. The third kappa shape index (κ3) is 3.33. The van der Waals surface area contributed by atoms with Gasteiger partial charge in [-0.3, -0.25) is 0 Å². The minimum Gasteiger partial charge on any atom is -0.388 e. The summed E-state index contributed by atoms with van der Waals surface area (Å²) in [5.74, 6) is 0.161. The van der Waals surface area contributed by atoms with Gasteiger partial charge in [-0.15, -0.1) is 0 Å². The summed E-state index contributed by atoms with van der Waals surface area (Å²) in [5.41, 5.74) is -0.0270. The molecule has 0 spiro atoms. The number of piperidine rings is 1. The average molecular weight is 297 g/mol. The van der Waals surface area contributed by atoms with Gasteiger partial charge in [0.2, 0.25) is 0 Å². The average Bonchev–Trinajstić information content (AvgIpc) is 2.37. The van der Waals surface area contributed by atoms with Gasteiger partial charge in [-0.05, 0) is 38.3 Å². The van der Waals surface area contributed by atoms with Crippen molar-refractivity contribution in [3.8, 4) is 0 Å². The molecule has 112 valence electrons. The number of benzene rings is 1. The van der Waals surface area contributed by atoms with Gasteiger partial charge < -0.3 is 10.0 Å². The molecule has 1 N–H and O–H groups in total. The summed E-state index contributed by atoms with van der Waals surface area (Å²) in [6, 6.07) is 7.12. The number of aliphatic hydroxyl groups is 1. The molecule has 1 saturated heterocycles. The Kier molecular flexibility index (Phi) is 4.39. The monoisotopic (exact) mass is 297 g/mol. The number of anilines is 1. The van der Waals surface area contributed by atoms with Crippen LogP contribution in [0.3, 0.4) is 0 Å². The minimum absolute atomic E-state index is 0.161. The van der Waals surface area contributed by atoms with Gasteiger partial charge in [0.05, 0.1) is 21.9 Å². The topological polar surface area (TPSA) is 57.6 Å². The normalized spacial score (nSPS) is 23.9. The van der Waals surface area contributed by atoms with Gasteiger partial charge in [-0.25, -0.2) is 8.42 Å². The third-order valence-electron chi connectivity index (χ3n) is 3.69. The molecule has 4 nitrogen and oxygen atoms in total. The Morgan fingerprint density at radius 3 is 2.70 bits per heavy atom. The van der Waals surface area contributed by atoms with Crippen LogP contribution in [0.2, 0.25) is 0 Å². The number of nitrogens with zero attached hydrogens (tertiary/aromatic N) is 1. The summed E-state index contributed by atoms with van der Waals surface area (Å²) in [6.07, 6.45) is 2.23. The molecule has 20 heavy (non-hydrogen) atoms. The summed E-state index contributed by atoms with van der Waals surface area (Å²) in [6.45, 7) is 4.94. The lowest BCUT2D eigenvalue weighted by molar-refractivity contribution is 0.0448. The van der Waals surface area contributed by atoms with Gasteiger partial charge in [0.25, 0.3) is 0 Å². The van der Waals surface area contributed by atoms with E-state index in [4.69, 9.17) is 0 Å². The molecule has 1 fully saturated rings. The second-order valence-electron chi connectivity index (χ2n) is 5.81. The third-order valence-corrected chi connectivity index (χ3v) is 5.65. The van der Waals surface area contributed by atoms with Crippen LogP contribution in [-0.2, 0) is 9.84 Å². The van der Waals surface area contributed by atoms with E-state index in [1.54, 1.807) is 12.1 Å². The fraction of sp³-hybridized carbons (Fsp3) is 0.600. The molecule has 1 heterocycles. The molecule has 5 heteroatoms. The van der Waals surface area contributed by atoms with Crippen LogP contribution in [0.5, 0.6) is 0 Å². The number of hydrogen-bond donors (Lipinski definition) is 1. The number of hydrogen-bond acceptors (Lipinski definition) is 4. The second kappa shape index (κ2) is 5.74. The molecule has 1 aliphatic heterocycles. The molecule has 0 bridgehead atoms. The molecule has 1 aromatic carbocycles. The zero-order chi connectivity index (χ0) is 14.8. The Bertz CT molecular complexity index is 566. The molecular weight excluding hydrogens is 274 g/mol. The van der Waals surface area contributed by atoms with E-state index in [0.717, 1.165) is 25.1 Å². The van der Waals surface area contributed by atoms with E-state index in [1.165, 1.54) is 0 Å². The standard InChI is InChI=1S/C15H23NO3S/c1-3-11-20(18,19)14-8-5-4-7-13(14)16-10-6-9-15(2,17)12-16/h4-5,7-8,17H,3,6,9-12H2,1-2H3. The van der Waals surface area contributed by atoms with E-state index in [0.29, 0.717) is 17.9 Å². The fourth-order valence-corrected chi connectivity index (χ4v) is 4.34. The Labute approximate surface area is 121 Å². The SMILES string of the molecule is CCCS(=O)(=O)c1ccccc1N1CCCC(C)(O)C1. The molecule has 0 saturated carbocycles. The van der Waals surface area contributed by atoms with E-state index >= 15 is 0 Å². The number of rotatable bonds is 4. The number of para-hydroxylation sites is 1. The van der Waals surface area contributed by atoms with Crippen molar-refractivity contribution in [2.75, 3.05) is 23.7 Å². The van der Waals surface area contributed by atoms with Crippen molar-refractivity contribution >= 4 is 15.5 Å². The predicted octanol–water partition coefficient (Wildman–Crippen LogP) is 2.22. The lowest BCUT2D eigenvalue weighted by Crippen LogP contribution is -2.46. The number of β-amino-alcohol motifs (C(OH)–C–C–N with tert-alkyl or cyclic N) is 1. The van der Waals surface area contributed by atoms with Gasteiger partial charge in [0, 0.05) is 13.1 Å². The first kappa shape index (κ1) is 15.3. The molecule has 0 amide bonds. The van der Waals surface area contributed by atoms with Crippen molar-refractivity contribution in [1.82, 2.24) is 0 Å². The highest BCUT2D eigenvalue weighted by Crippen LogP contribution is 2.31. The van der Waals surface area contributed by atoms with Crippen LogP contribution >= 0.6 is 0 Å². The molecule has 0 aliphatic carbocycles. The lowest BCUT2D eigenvalue weighted by Gasteiger charge is -2.39. The van der Waals surface area contributed by atoms with Crippen LogP contribution in [0.25, 0.3) is 0 Å². The molecular formula is C15H23NO3S. The Hall–Kier alpha value is -1.07. The van der Waals surface area contributed by atoms with Crippen molar-refractivity contribution in [3.63, 3.8) is 0 Å². The molecule has 0 aromatic heterocycles. The lowest BCUT2D eigenvalue weighted by atomic mass is 9.95. The Balaban J connectivity index is 2.38. The maximum Gasteiger partial charge on any atom is 0.180 e. The van der Waals surface area contributed by atoms with E-state index in [2.05, 4.69) is 0 Å². The summed E-state index contributed by atoms with van der Waals surface area (Å²) < 4.78 is 24.7. The largest absolute Gasteiger partial charge is 0.388 e. The van der Waals surface area contributed by atoms with Crippen LogP contribution in [0, 0.1) is 0 Å². The van der Waals surface area contributed by atoms with Gasteiger partial charge in [-0.2, -0.15) is 0 Å². The van der Waals surface area contributed by atoms with Crippen LogP contribution in [0.4, 0.5) is 5.69 Å². The molecule has 1 unspecified atom stereocenters. The highest BCUT2D eigenvalue weighted by Gasteiger charge is 2.30. The quantitative estimate of drug-likeness (QED) is 0.926. The number of sulfone groups is 1. The van der Waals surface area contributed by atoms with Crippen LogP contribution < -0.4 is 4.90 Å². The van der Waals surface area contributed by atoms with Gasteiger partial charge in [-0.1, -0.05) is 19.1 Å². The summed E-state index contributed by atoms with van der Waals surface area (Å²) in [5, 5.41) is 10.2. The van der Waals surface area contributed by atoms with Crippen LogP contribution in [0.1, 0.15) is 33.1 Å². The summed E-state index contributed by atoms with van der Waals surface area (Å²) in [4.78, 5) is 2.38. The van der Waals surface area contributed by atoms with E-state index < -0.39 is 15.4 Å². The zero-order valence-corrected chi connectivity index (χ0v) is 13.0. The highest BCUT2D eigenvalue weighted by molar-refractivity contribution is 7.91. The van der Waals surface area contributed by atoms with Gasteiger partial charge in [0.1, 0.15) is 0 Å². The summed E-state index contributed by atoms with van der Waals surface area (Å²) >= 11 is 0. The van der Waals surface area contributed by atoms with Crippen molar-refractivity contribution < 1.29 is 13.5 Å². The van der Waals surface area contributed by atoms with Gasteiger partial charge in [0.15, 0.2) is 9.84 Å². The fourth-order valence-electron chi connectivity index (χ4n) is 2.79. The van der Waals surface area contributed by atoms with Crippen LogP contribution in [0.15, 0.2) is 29.2 Å². The first-order chi connectivity index (χ1) is 9.36. The van der Waals surface area contributed by atoms with E-state index in [9.17, 15) is 13.5 Å². The predicted molar refractivity (Wildman–Crippen MR) is 80.9 cm³/mol. The molecule has 2 rings (SSSR count). The van der Waals surface area contributed by atoms with E-state index in [-0.39, 0.29) is 5.75 Å². The maximum absolute atomic E-state index is 12.4. The summed E-state index contributed by atoms with van der Waals surface area (Å²) in [7, 11) is -3.25. The first-order valence-electron chi connectivity index (χ1n) is 7.15. The molecule has 0 radical (unpaired) electrons. The second-order valence-corrected chi connectivity index (χ2v) is 7.89. The molecule has 1 aliphatic rings. The highest BCUT2D eigenvalue weighted by atomic mass is 32.2. The Morgan fingerprint density at radius 1 is 1.35 bits per heavy atom. The van der Waals surface area contributed by atoms with Crippen molar-refractivity contribution in [1.29, 1.82) is 0 Å². The molecule has 1 atom stereocenters. The van der Waals surface area contributed by atoms with Crippen molar-refractivity contribution in [2.24, 2.45) is 0 Å². The van der Waals surface area contributed by atoms with E-state index in [1.807, 2.05) is 30.9 Å². The van der Waals surface area contributed by atoms with Crippen LogP contribution in [-0.4, -0.2) is 38.0 Å². The maximum atomic E-state index is 12.4. The van der Waals surface area contributed by atoms with Crippen molar-refractivity contribution in [3.05, 3.63) is 24.3 Å².